The van der Waals surface area contributed by atoms with Crippen molar-refractivity contribution in [2.45, 2.75) is 19.9 Å². The highest BCUT2D eigenvalue weighted by Gasteiger charge is 2.21. The lowest BCUT2D eigenvalue weighted by atomic mass is 10.0. The van der Waals surface area contributed by atoms with Gasteiger partial charge in [0.05, 0.1) is 6.26 Å². The third kappa shape index (κ3) is 4.17. The van der Waals surface area contributed by atoms with Crippen LogP contribution in [0, 0.1) is 13.8 Å². The minimum absolute atomic E-state index is 0.0233. The second-order valence-electron chi connectivity index (χ2n) is 6.16. The maximum Gasteiger partial charge on any atom is 0.279 e. The van der Waals surface area contributed by atoms with E-state index < -0.39 is 0 Å². The average molecular weight is 335 g/mol. The van der Waals surface area contributed by atoms with Gasteiger partial charge in [-0.25, -0.2) is 0 Å². The van der Waals surface area contributed by atoms with Gasteiger partial charge in [0.2, 0.25) is 0 Å². The molecule has 0 fully saturated rings. The SMILES string of the molecule is Cc1cccc(C)c1NC(=O)C[NH2+][C@H](c1ccccc1)c1ccco1. The Labute approximate surface area is 147 Å². The zero-order valence-electron chi connectivity index (χ0n) is 14.5. The average Bonchev–Trinajstić information content (AvgIpc) is 3.14. The van der Waals surface area contributed by atoms with E-state index in [1.165, 1.54) is 0 Å². The summed E-state index contributed by atoms with van der Waals surface area (Å²) in [5.41, 5.74) is 4.14. The van der Waals surface area contributed by atoms with E-state index in [0.717, 1.165) is 28.1 Å². The van der Waals surface area contributed by atoms with Gasteiger partial charge in [-0.05, 0) is 37.1 Å². The Bertz CT molecular complexity index is 806. The molecule has 0 saturated heterocycles. The predicted molar refractivity (Wildman–Crippen MR) is 98.3 cm³/mol. The Morgan fingerprint density at radius 1 is 1.00 bits per heavy atom. The van der Waals surface area contributed by atoms with Crippen LogP contribution in [0.4, 0.5) is 5.69 Å². The number of nitrogens with two attached hydrogens (primary N) is 1. The van der Waals surface area contributed by atoms with Crippen molar-refractivity contribution in [3.63, 3.8) is 0 Å². The maximum atomic E-state index is 12.4. The minimum Gasteiger partial charge on any atom is -0.463 e. The predicted octanol–water partition coefficient (Wildman–Crippen LogP) is 3.19. The highest BCUT2D eigenvalue weighted by Crippen LogP contribution is 2.20. The van der Waals surface area contributed by atoms with Gasteiger partial charge in [-0.1, -0.05) is 48.5 Å². The smallest absolute Gasteiger partial charge is 0.279 e. The highest BCUT2D eigenvalue weighted by molar-refractivity contribution is 5.92. The van der Waals surface area contributed by atoms with Crippen molar-refractivity contribution in [3.8, 4) is 0 Å². The molecule has 0 aliphatic rings. The van der Waals surface area contributed by atoms with Crippen LogP contribution in [-0.2, 0) is 4.79 Å². The number of hydrogen-bond acceptors (Lipinski definition) is 2. The number of rotatable bonds is 6. The Kier molecular flexibility index (Phi) is 5.31. The summed E-state index contributed by atoms with van der Waals surface area (Å²) in [6, 6.07) is 19.8. The van der Waals surface area contributed by atoms with Gasteiger partial charge in [0, 0.05) is 11.3 Å². The molecule has 4 heteroatoms. The molecule has 2 aromatic carbocycles. The molecule has 0 saturated carbocycles. The second-order valence-corrected chi connectivity index (χ2v) is 6.16. The molecule has 3 N–H and O–H groups in total. The number of furan rings is 1. The zero-order valence-corrected chi connectivity index (χ0v) is 14.5. The quantitative estimate of drug-likeness (QED) is 0.727. The lowest BCUT2D eigenvalue weighted by Gasteiger charge is -2.15. The first-order valence-corrected chi connectivity index (χ1v) is 8.43. The van der Waals surface area contributed by atoms with E-state index in [-0.39, 0.29) is 11.9 Å². The van der Waals surface area contributed by atoms with Crippen LogP contribution in [0.5, 0.6) is 0 Å². The number of nitrogens with one attached hydrogen (secondary N) is 1. The molecule has 1 amide bonds. The van der Waals surface area contributed by atoms with Gasteiger partial charge >= 0.3 is 0 Å². The number of carbonyl (C=O) groups excluding carboxylic acids is 1. The lowest BCUT2D eigenvalue weighted by molar-refractivity contribution is -0.678. The number of quaternary nitrogens is 1. The number of amides is 1. The van der Waals surface area contributed by atoms with Gasteiger partial charge in [0.1, 0.15) is 0 Å². The first-order chi connectivity index (χ1) is 12.1. The summed E-state index contributed by atoms with van der Waals surface area (Å²) >= 11 is 0. The van der Waals surface area contributed by atoms with Gasteiger partial charge in [-0.2, -0.15) is 0 Å². The van der Waals surface area contributed by atoms with E-state index in [4.69, 9.17) is 4.42 Å². The number of aryl methyl sites for hydroxylation is 2. The van der Waals surface area contributed by atoms with E-state index in [2.05, 4.69) is 5.32 Å². The first kappa shape index (κ1) is 17.0. The Hall–Kier alpha value is -2.85. The van der Waals surface area contributed by atoms with Gasteiger partial charge < -0.3 is 15.1 Å². The van der Waals surface area contributed by atoms with Gasteiger partial charge in [-0.15, -0.1) is 0 Å². The Morgan fingerprint density at radius 3 is 2.36 bits per heavy atom. The third-order valence-electron chi connectivity index (χ3n) is 4.29. The standard InChI is InChI=1S/C21H22N2O2/c1-15-8-6-9-16(2)20(15)23-19(24)14-22-21(18-12-7-13-25-18)17-10-4-3-5-11-17/h3-13,21-22H,14H2,1-2H3,(H,23,24)/p+1/t21-/m1/s1. The van der Waals surface area contributed by atoms with Crippen molar-refractivity contribution in [2.24, 2.45) is 0 Å². The van der Waals surface area contributed by atoms with Crippen molar-refractivity contribution < 1.29 is 14.5 Å². The van der Waals surface area contributed by atoms with Crippen molar-refractivity contribution in [3.05, 3.63) is 89.4 Å². The summed E-state index contributed by atoms with van der Waals surface area (Å²) in [6.45, 7) is 4.32. The summed E-state index contributed by atoms with van der Waals surface area (Å²) in [7, 11) is 0. The van der Waals surface area contributed by atoms with Crippen molar-refractivity contribution in [1.82, 2.24) is 0 Å². The van der Waals surface area contributed by atoms with Crippen LogP contribution in [0.25, 0.3) is 0 Å². The molecule has 0 spiro atoms. The molecule has 3 aromatic rings. The Morgan fingerprint density at radius 2 is 1.72 bits per heavy atom. The fraction of sp³-hybridized carbons (Fsp3) is 0.190. The van der Waals surface area contributed by atoms with Crippen LogP contribution in [0.1, 0.15) is 28.5 Å². The molecule has 0 aliphatic heterocycles. The molecule has 1 atom stereocenters. The molecule has 128 valence electrons. The van der Waals surface area contributed by atoms with Crippen LogP contribution in [0.2, 0.25) is 0 Å². The number of carbonyl (C=O) groups is 1. The van der Waals surface area contributed by atoms with E-state index in [1.807, 2.05) is 79.8 Å². The summed E-state index contributed by atoms with van der Waals surface area (Å²) in [4.78, 5) is 12.4. The molecule has 0 unspecified atom stereocenters. The molecule has 4 nitrogen and oxygen atoms in total. The van der Waals surface area contributed by atoms with Gasteiger partial charge in [0.15, 0.2) is 18.3 Å². The van der Waals surface area contributed by atoms with E-state index in [9.17, 15) is 4.79 Å². The van der Waals surface area contributed by atoms with Crippen LogP contribution in [0.3, 0.4) is 0 Å². The van der Waals surface area contributed by atoms with Crippen molar-refractivity contribution in [1.29, 1.82) is 0 Å². The lowest BCUT2D eigenvalue weighted by Crippen LogP contribution is -2.87. The molecule has 1 aromatic heterocycles. The van der Waals surface area contributed by atoms with Gasteiger partial charge in [-0.3, -0.25) is 4.79 Å². The van der Waals surface area contributed by atoms with Crippen molar-refractivity contribution >= 4 is 11.6 Å². The molecule has 3 rings (SSSR count). The number of benzene rings is 2. The third-order valence-corrected chi connectivity index (χ3v) is 4.29. The second kappa shape index (κ2) is 7.81. The maximum absolute atomic E-state index is 12.4. The molecule has 0 bridgehead atoms. The fourth-order valence-electron chi connectivity index (χ4n) is 2.97. The number of anilines is 1. The van der Waals surface area contributed by atoms with Gasteiger partial charge in [0.25, 0.3) is 5.91 Å². The number of hydrogen-bond donors (Lipinski definition) is 2. The Balaban J connectivity index is 1.70. The molecular formula is C21H23N2O2+. The molecule has 0 aliphatic carbocycles. The summed E-state index contributed by atoms with van der Waals surface area (Å²) in [5, 5.41) is 5.03. The van der Waals surface area contributed by atoms with E-state index >= 15 is 0 Å². The van der Waals surface area contributed by atoms with E-state index in [0.29, 0.717) is 6.54 Å². The number of para-hydroxylation sites is 1. The summed E-state index contributed by atoms with van der Waals surface area (Å²) in [5.74, 6) is 0.816. The molecule has 1 heterocycles. The summed E-state index contributed by atoms with van der Waals surface area (Å²) < 4.78 is 5.58. The normalized spacial score (nSPS) is 11.9. The monoisotopic (exact) mass is 335 g/mol. The minimum atomic E-state index is -0.0417. The summed E-state index contributed by atoms with van der Waals surface area (Å²) in [6.07, 6.45) is 1.66. The highest BCUT2D eigenvalue weighted by atomic mass is 16.3. The van der Waals surface area contributed by atoms with Crippen LogP contribution in [0.15, 0.2) is 71.3 Å². The molecular weight excluding hydrogens is 312 g/mol. The first-order valence-electron chi connectivity index (χ1n) is 8.43. The van der Waals surface area contributed by atoms with Crippen LogP contribution < -0.4 is 10.6 Å². The topological polar surface area (TPSA) is 58.9 Å². The van der Waals surface area contributed by atoms with Crippen LogP contribution in [-0.4, -0.2) is 12.5 Å². The molecule has 0 radical (unpaired) electrons. The zero-order chi connectivity index (χ0) is 17.6. The van der Waals surface area contributed by atoms with Crippen molar-refractivity contribution in [2.75, 3.05) is 11.9 Å². The van der Waals surface area contributed by atoms with E-state index in [1.54, 1.807) is 6.26 Å². The fourth-order valence-corrected chi connectivity index (χ4v) is 2.97. The van der Waals surface area contributed by atoms with Crippen LogP contribution >= 0.6 is 0 Å². The largest absolute Gasteiger partial charge is 0.463 e. The molecule has 25 heavy (non-hydrogen) atoms.